The molecule has 0 aliphatic heterocycles. The first-order valence-corrected chi connectivity index (χ1v) is 7.07. The average molecular weight is 313 g/mol. The van der Waals surface area contributed by atoms with E-state index in [0.717, 1.165) is 16.8 Å². The van der Waals surface area contributed by atoms with Crippen molar-refractivity contribution in [2.45, 2.75) is 6.54 Å². The number of anilines is 1. The molecule has 23 heavy (non-hydrogen) atoms. The minimum atomic E-state index is -0.276. The van der Waals surface area contributed by atoms with E-state index in [0.29, 0.717) is 12.5 Å². The molecule has 3 rings (SSSR count). The predicted molar refractivity (Wildman–Crippen MR) is 85.7 cm³/mol. The second-order valence-electron chi connectivity index (χ2n) is 5.21. The second kappa shape index (κ2) is 6.00. The number of hydrogen-bond donors (Lipinski definition) is 3. The summed E-state index contributed by atoms with van der Waals surface area (Å²) in [6, 6.07) is 10.9. The highest BCUT2D eigenvalue weighted by Gasteiger charge is 2.09. The topological polar surface area (TPSA) is 70.3 Å². The molecule has 3 aromatic rings. The fourth-order valence-corrected chi connectivity index (χ4v) is 2.32. The van der Waals surface area contributed by atoms with Crippen molar-refractivity contribution in [1.29, 1.82) is 0 Å². The van der Waals surface area contributed by atoms with Gasteiger partial charge in [-0.3, -0.25) is 0 Å². The van der Waals surface area contributed by atoms with E-state index in [-0.39, 0.29) is 17.3 Å². The number of halogens is 1. The van der Waals surface area contributed by atoms with Gasteiger partial charge in [-0.1, -0.05) is 6.07 Å². The molecule has 1 aromatic heterocycles. The number of nitrogens with one attached hydrogen (secondary N) is 1. The van der Waals surface area contributed by atoms with Crippen molar-refractivity contribution in [3.05, 3.63) is 60.0 Å². The molecule has 0 spiro atoms. The summed E-state index contributed by atoms with van der Waals surface area (Å²) in [5, 5.41) is 22.0. The summed E-state index contributed by atoms with van der Waals surface area (Å²) < 4.78 is 14.9. The fraction of sp³-hybridized carbons (Fsp3) is 0.118. The zero-order valence-corrected chi connectivity index (χ0v) is 12.5. The Hall–Kier alpha value is -3.02. The van der Waals surface area contributed by atoms with Crippen molar-refractivity contribution in [3.8, 4) is 22.8 Å². The van der Waals surface area contributed by atoms with E-state index in [2.05, 4.69) is 10.3 Å². The quantitative estimate of drug-likeness (QED) is 0.647. The van der Waals surface area contributed by atoms with Gasteiger partial charge in [0.15, 0.2) is 11.5 Å². The van der Waals surface area contributed by atoms with Crippen LogP contribution in [0.5, 0.6) is 11.5 Å². The molecule has 0 aliphatic rings. The lowest BCUT2D eigenvalue weighted by Gasteiger charge is -2.09. The number of phenols is 2. The first-order valence-electron chi connectivity index (χ1n) is 7.07. The largest absolute Gasteiger partial charge is 0.504 e. The van der Waals surface area contributed by atoms with Crippen molar-refractivity contribution >= 4 is 5.95 Å². The van der Waals surface area contributed by atoms with E-state index in [9.17, 15) is 14.6 Å². The standard InChI is InChI=1S/C17H16FN3O2/c1-21-14(12-3-5-13(18)6-4-12)10-20-17(21)19-9-11-2-7-15(22)16(23)8-11/h2-8,10,22-23H,9H2,1H3,(H,19,20). The lowest BCUT2D eigenvalue weighted by atomic mass is 10.2. The van der Waals surface area contributed by atoms with Crippen LogP contribution < -0.4 is 5.32 Å². The van der Waals surface area contributed by atoms with Crippen LogP contribution in [0.15, 0.2) is 48.7 Å². The van der Waals surface area contributed by atoms with Gasteiger partial charge < -0.3 is 20.1 Å². The smallest absolute Gasteiger partial charge is 0.203 e. The van der Waals surface area contributed by atoms with Gasteiger partial charge in [0.1, 0.15) is 5.82 Å². The number of rotatable bonds is 4. The summed E-state index contributed by atoms with van der Waals surface area (Å²) >= 11 is 0. The molecule has 0 aliphatic carbocycles. The summed E-state index contributed by atoms with van der Waals surface area (Å²) in [5.41, 5.74) is 2.55. The van der Waals surface area contributed by atoms with Crippen LogP contribution in [-0.2, 0) is 13.6 Å². The SMILES string of the molecule is Cn1c(-c2ccc(F)cc2)cnc1NCc1ccc(O)c(O)c1. The third-order valence-corrected chi connectivity index (χ3v) is 3.62. The number of nitrogens with zero attached hydrogens (tertiary/aromatic N) is 2. The minimum Gasteiger partial charge on any atom is -0.504 e. The summed E-state index contributed by atoms with van der Waals surface area (Å²) in [5.74, 6) is 0.0683. The van der Waals surface area contributed by atoms with Gasteiger partial charge in [0.25, 0.3) is 0 Å². The Labute approximate surface area is 132 Å². The molecule has 1 heterocycles. The van der Waals surface area contributed by atoms with Gasteiger partial charge in [0.2, 0.25) is 5.95 Å². The van der Waals surface area contributed by atoms with Gasteiger partial charge in [-0.2, -0.15) is 0 Å². The monoisotopic (exact) mass is 313 g/mol. The molecule has 0 radical (unpaired) electrons. The van der Waals surface area contributed by atoms with Crippen LogP contribution >= 0.6 is 0 Å². The maximum Gasteiger partial charge on any atom is 0.203 e. The van der Waals surface area contributed by atoms with E-state index >= 15 is 0 Å². The van der Waals surface area contributed by atoms with Gasteiger partial charge >= 0.3 is 0 Å². The number of aromatic nitrogens is 2. The number of phenolic OH excluding ortho intramolecular Hbond substituents is 2. The maximum absolute atomic E-state index is 13.0. The van der Waals surface area contributed by atoms with Crippen molar-refractivity contribution < 1.29 is 14.6 Å². The van der Waals surface area contributed by atoms with Crippen LogP contribution in [-0.4, -0.2) is 19.8 Å². The second-order valence-corrected chi connectivity index (χ2v) is 5.21. The Balaban J connectivity index is 1.76. The van der Waals surface area contributed by atoms with Crippen molar-refractivity contribution in [3.63, 3.8) is 0 Å². The summed E-state index contributed by atoms with van der Waals surface area (Å²) in [7, 11) is 1.86. The molecule has 0 saturated heterocycles. The molecule has 0 fully saturated rings. The van der Waals surface area contributed by atoms with Crippen LogP contribution in [0.25, 0.3) is 11.3 Å². The Morgan fingerprint density at radius 1 is 1.09 bits per heavy atom. The third-order valence-electron chi connectivity index (χ3n) is 3.62. The van der Waals surface area contributed by atoms with E-state index in [4.69, 9.17) is 0 Å². The molecule has 6 heteroatoms. The molecule has 0 amide bonds. The number of benzene rings is 2. The highest BCUT2D eigenvalue weighted by atomic mass is 19.1. The Kier molecular flexibility index (Phi) is 3.89. The van der Waals surface area contributed by atoms with Crippen LogP contribution in [0.2, 0.25) is 0 Å². The molecule has 0 unspecified atom stereocenters. The van der Waals surface area contributed by atoms with Crippen LogP contribution in [0.4, 0.5) is 10.3 Å². The number of hydrogen-bond acceptors (Lipinski definition) is 4. The lowest BCUT2D eigenvalue weighted by Crippen LogP contribution is -2.05. The van der Waals surface area contributed by atoms with Crippen molar-refractivity contribution in [2.75, 3.05) is 5.32 Å². The molecule has 0 bridgehead atoms. The van der Waals surface area contributed by atoms with E-state index < -0.39 is 0 Å². The third kappa shape index (κ3) is 3.11. The Morgan fingerprint density at radius 3 is 2.52 bits per heavy atom. The lowest BCUT2D eigenvalue weighted by molar-refractivity contribution is 0.403. The van der Waals surface area contributed by atoms with Crippen molar-refractivity contribution in [1.82, 2.24) is 9.55 Å². The highest BCUT2D eigenvalue weighted by molar-refractivity contribution is 5.61. The molecular weight excluding hydrogens is 297 g/mol. The molecular formula is C17H16FN3O2. The van der Waals surface area contributed by atoms with Crippen LogP contribution in [0, 0.1) is 5.82 Å². The predicted octanol–water partition coefficient (Wildman–Crippen LogP) is 3.25. The van der Waals surface area contributed by atoms with E-state index in [1.807, 2.05) is 11.6 Å². The molecule has 3 N–H and O–H groups in total. The van der Waals surface area contributed by atoms with Gasteiger partial charge in [-0.15, -0.1) is 0 Å². The van der Waals surface area contributed by atoms with E-state index in [1.165, 1.54) is 24.3 Å². The average Bonchev–Trinajstić information content (AvgIpc) is 2.90. The van der Waals surface area contributed by atoms with Gasteiger partial charge in [0, 0.05) is 19.2 Å². The molecule has 2 aromatic carbocycles. The fourth-order valence-electron chi connectivity index (χ4n) is 2.32. The Bertz CT molecular complexity index is 828. The number of imidazole rings is 1. The maximum atomic E-state index is 13.0. The highest BCUT2D eigenvalue weighted by Crippen LogP contribution is 2.26. The molecule has 118 valence electrons. The first-order chi connectivity index (χ1) is 11.0. The van der Waals surface area contributed by atoms with Crippen molar-refractivity contribution in [2.24, 2.45) is 7.05 Å². The zero-order chi connectivity index (χ0) is 16.4. The summed E-state index contributed by atoms with van der Waals surface area (Å²) in [6.45, 7) is 0.446. The molecule has 0 saturated carbocycles. The molecule has 0 atom stereocenters. The summed E-state index contributed by atoms with van der Waals surface area (Å²) in [6.07, 6.45) is 1.71. The van der Waals surface area contributed by atoms with Crippen LogP contribution in [0.3, 0.4) is 0 Å². The van der Waals surface area contributed by atoms with Gasteiger partial charge in [0.05, 0.1) is 11.9 Å². The summed E-state index contributed by atoms with van der Waals surface area (Å²) in [4.78, 5) is 4.32. The first kappa shape index (κ1) is 14.9. The van der Waals surface area contributed by atoms with E-state index in [1.54, 1.807) is 24.4 Å². The minimum absolute atomic E-state index is 0.149. The van der Waals surface area contributed by atoms with Gasteiger partial charge in [-0.05, 0) is 42.0 Å². The van der Waals surface area contributed by atoms with Gasteiger partial charge in [-0.25, -0.2) is 9.37 Å². The normalized spacial score (nSPS) is 10.7. The van der Waals surface area contributed by atoms with Crippen LogP contribution in [0.1, 0.15) is 5.56 Å². The molecule has 5 nitrogen and oxygen atoms in total. The zero-order valence-electron chi connectivity index (χ0n) is 12.5. The number of aromatic hydroxyl groups is 2. The Morgan fingerprint density at radius 2 is 1.83 bits per heavy atom.